The smallest absolute Gasteiger partial charge is 0.109 e. The van der Waals surface area contributed by atoms with E-state index in [0.717, 1.165) is 107 Å². The second-order valence-corrected chi connectivity index (χ2v) is 16.2. The first-order valence-electron chi connectivity index (χ1n) is 20.3. The van der Waals surface area contributed by atoms with Crippen LogP contribution in [0, 0.1) is 30.1 Å². The van der Waals surface area contributed by atoms with Gasteiger partial charge < -0.3 is 26.6 Å². The number of anilines is 2. The number of likely N-dealkylation sites (N-methyl/N-ethyl adjacent to an activating group) is 1. The molecular formula is C47H59N9S. The van der Waals surface area contributed by atoms with E-state index in [9.17, 15) is 0 Å². The molecule has 2 aliphatic rings. The van der Waals surface area contributed by atoms with E-state index < -0.39 is 6.17 Å². The Labute approximate surface area is 343 Å². The lowest BCUT2D eigenvalue weighted by molar-refractivity contribution is 0.294. The van der Waals surface area contributed by atoms with Crippen molar-refractivity contribution in [1.29, 1.82) is 5.41 Å². The molecule has 1 fully saturated rings. The number of thiophene rings is 1. The zero-order valence-electron chi connectivity index (χ0n) is 34.1. The SMILES string of the molecule is C=CCCC(NCc1c(C=C)cccc1NC1CCC(Cn2cc(C#Cc3sc4c(c3C)C(c3ccc(CC)cc3)=NCC(N)N4C(C)=N)cn2)CC1)C(=C)NC. The summed E-state index contributed by atoms with van der Waals surface area (Å²) < 4.78 is 2.06. The molecule has 1 aliphatic heterocycles. The average Bonchev–Trinajstić information content (AvgIpc) is 3.76. The summed E-state index contributed by atoms with van der Waals surface area (Å²) in [5.41, 5.74) is 17.4. The van der Waals surface area contributed by atoms with Crippen LogP contribution in [0.5, 0.6) is 0 Å². The van der Waals surface area contributed by atoms with E-state index in [-0.39, 0.29) is 6.04 Å². The van der Waals surface area contributed by atoms with Gasteiger partial charge in [-0.15, -0.1) is 17.9 Å². The molecule has 0 saturated heterocycles. The molecule has 0 amide bonds. The first-order valence-corrected chi connectivity index (χ1v) is 21.1. The molecule has 298 valence electrons. The minimum Gasteiger partial charge on any atom is -0.391 e. The number of hydrogen-bond acceptors (Lipinski definition) is 8. The second kappa shape index (κ2) is 19.3. The number of nitrogens with zero attached hydrogens (tertiary/aromatic N) is 4. The van der Waals surface area contributed by atoms with Crippen molar-refractivity contribution in [3.63, 3.8) is 0 Å². The Hall–Kier alpha value is -5.21. The fourth-order valence-corrected chi connectivity index (χ4v) is 9.21. The molecule has 1 saturated carbocycles. The maximum absolute atomic E-state index is 8.58. The highest BCUT2D eigenvalue weighted by atomic mass is 32.1. The molecule has 57 heavy (non-hydrogen) atoms. The predicted octanol–water partition coefficient (Wildman–Crippen LogP) is 8.63. The van der Waals surface area contributed by atoms with Gasteiger partial charge >= 0.3 is 0 Å². The average molecular weight is 782 g/mol. The Morgan fingerprint density at radius 3 is 2.58 bits per heavy atom. The van der Waals surface area contributed by atoms with E-state index in [1.807, 2.05) is 30.3 Å². The van der Waals surface area contributed by atoms with Crippen LogP contribution in [0.25, 0.3) is 6.08 Å². The van der Waals surface area contributed by atoms with Gasteiger partial charge in [0.1, 0.15) is 11.2 Å². The van der Waals surface area contributed by atoms with Gasteiger partial charge in [-0.3, -0.25) is 15.1 Å². The second-order valence-electron chi connectivity index (χ2n) is 15.2. The summed E-state index contributed by atoms with van der Waals surface area (Å²) in [6, 6.07) is 15.6. The van der Waals surface area contributed by atoms with Gasteiger partial charge in [0.15, 0.2) is 0 Å². The minimum atomic E-state index is -0.421. The molecule has 0 spiro atoms. The van der Waals surface area contributed by atoms with Crippen LogP contribution in [0.3, 0.4) is 0 Å². The Kier molecular flexibility index (Phi) is 14.0. The maximum Gasteiger partial charge on any atom is 0.109 e. The van der Waals surface area contributed by atoms with E-state index in [0.29, 0.717) is 24.3 Å². The fraction of sp³-hybridized carbons (Fsp3) is 0.383. The van der Waals surface area contributed by atoms with Crippen molar-refractivity contribution in [2.45, 2.75) is 97.1 Å². The summed E-state index contributed by atoms with van der Waals surface area (Å²) in [4.78, 5) is 7.85. The largest absolute Gasteiger partial charge is 0.391 e. The molecule has 2 atom stereocenters. The first-order chi connectivity index (χ1) is 27.6. The monoisotopic (exact) mass is 781 g/mol. The molecule has 4 aromatic rings. The van der Waals surface area contributed by atoms with Gasteiger partial charge in [-0.2, -0.15) is 5.10 Å². The molecule has 2 aromatic carbocycles. The number of aromatic nitrogens is 2. The van der Waals surface area contributed by atoms with Gasteiger partial charge in [0, 0.05) is 60.9 Å². The minimum absolute atomic E-state index is 0.151. The summed E-state index contributed by atoms with van der Waals surface area (Å²) >= 11 is 1.59. The van der Waals surface area contributed by atoms with Gasteiger partial charge in [0.25, 0.3) is 0 Å². The van der Waals surface area contributed by atoms with Crippen LogP contribution in [0.4, 0.5) is 10.7 Å². The molecule has 0 radical (unpaired) electrons. The summed E-state index contributed by atoms with van der Waals surface area (Å²) in [6.45, 7) is 20.3. The molecule has 2 aromatic heterocycles. The van der Waals surface area contributed by atoms with E-state index in [1.54, 1.807) is 18.3 Å². The standard InChI is InChI=1S/C47H59N9S/c1-8-11-14-41(32(5)50-7)51-27-40-37(10-3)13-12-15-42(40)54-39-23-18-35(19-24-39)29-55-30-36(26-53-55)20-25-43-31(4)45-46(38-21-16-34(9-2)17-22-38)52-28-44(49)56(33(6)48)47(45)57-43/h8,10,12-13,15-17,21-22,26,30,35,39,41,44,48,50-51,54H,1,3,5,9,11,14,18-19,23-24,27-29,49H2,2,4,6-7H3. The number of amidine groups is 1. The normalized spacial score (nSPS) is 18.3. The topological polar surface area (TPSA) is 119 Å². The van der Waals surface area contributed by atoms with Crippen molar-refractivity contribution in [2.24, 2.45) is 16.6 Å². The molecule has 6 rings (SSSR count). The Bertz CT molecular complexity index is 2150. The fourth-order valence-electron chi connectivity index (χ4n) is 7.94. The Morgan fingerprint density at radius 2 is 1.89 bits per heavy atom. The Balaban J connectivity index is 1.10. The number of rotatable bonds is 15. The number of benzene rings is 2. The molecule has 1 aliphatic carbocycles. The predicted molar refractivity (Wildman–Crippen MR) is 242 cm³/mol. The van der Waals surface area contributed by atoms with Gasteiger partial charge in [-0.25, -0.2) is 0 Å². The van der Waals surface area contributed by atoms with Crippen molar-refractivity contribution >= 4 is 39.6 Å². The third-order valence-corrected chi connectivity index (χ3v) is 12.5. The lowest BCUT2D eigenvalue weighted by atomic mass is 9.85. The van der Waals surface area contributed by atoms with Crippen molar-refractivity contribution in [3.05, 3.63) is 130 Å². The van der Waals surface area contributed by atoms with Gasteiger partial charge in [0.2, 0.25) is 0 Å². The number of aryl methyl sites for hydroxylation is 1. The number of nitrogens with two attached hydrogens (primary N) is 1. The van der Waals surface area contributed by atoms with Crippen LogP contribution in [0.15, 0.2) is 91.4 Å². The molecular weight excluding hydrogens is 723 g/mol. The highest BCUT2D eigenvalue weighted by molar-refractivity contribution is 7.17. The number of aliphatic imine (C=N–C) groups is 1. The van der Waals surface area contributed by atoms with E-state index in [4.69, 9.17) is 21.2 Å². The molecule has 0 bridgehead atoms. The summed E-state index contributed by atoms with van der Waals surface area (Å²) in [5, 5.41) is 25.1. The third-order valence-electron chi connectivity index (χ3n) is 11.3. The number of allylic oxidation sites excluding steroid dienone is 1. The lowest BCUT2D eigenvalue weighted by Crippen LogP contribution is -2.46. The molecule has 6 N–H and O–H groups in total. The zero-order chi connectivity index (χ0) is 40.5. The molecule has 10 heteroatoms. The van der Waals surface area contributed by atoms with Crippen LogP contribution in [-0.4, -0.2) is 53.2 Å². The summed E-state index contributed by atoms with van der Waals surface area (Å²) in [5.74, 6) is 7.80. The quantitative estimate of drug-likeness (QED) is 0.0357. The van der Waals surface area contributed by atoms with Crippen molar-refractivity contribution in [2.75, 3.05) is 23.8 Å². The number of nitrogens with one attached hydrogen (secondary N) is 4. The Morgan fingerprint density at radius 1 is 1.12 bits per heavy atom. The van der Waals surface area contributed by atoms with E-state index >= 15 is 0 Å². The van der Waals surface area contributed by atoms with E-state index in [1.165, 1.54) is 16.8 Å². The van der Waals surface area contributed by atoms with Crippen LogP contribution >= 0.6 is 11.3 Å². The van der Waals surface area contributed by atoms with Gasteiger partial charge in [0.05, 0.1) is 34.7 Å². The summed E-state index contributed by atoms with van der Waals surface area (Å²) in [6.07, 6.45) is 14.8. The third kappa shape index (κ3) is 9.85. The van der Waals surface area contributed by atoms with Gasteiger partial charge in [-0.05, 0) is 93.0 Å². The number of hydrogen-bond donors (Lipinski definition) is 5. The van der Waals surface area contributed by atoms with Crippen molar-refractivity contribution < 1.29 is 0 Å². The van der Waals surface area contributed by atoms with Crippen molar-refractivity contribution in [1.82, 2.24) is 20.4 Å². The van der Waals surface area contributed by atoms with Crippen molar-refractivity contribution in [3.8, 4) is 11.8 Å². The molecule has 2 unspecified atom stereocenters. The molecule has 9 nitrogen and oxygen atoms in total. The lowest BCUT2D eigenvalue weighted by Gasteiger charge is -2.31. The van der Waals surface area contributed by atoms with E-state index in [2.05, 4.69) is 115 Å². The molecule has 3 heterocycles. The highest BCUT2D eigenvalue weighted by Crippen LogP contribution is 2.40. The zero-order valence-corrected chi connectivity index (χ0v) is 34.9. The highest BCUT2D eigenvalue weighted by Gasteiger charge is 2.31. The summed E-state index contributed by atoms with van der Waals surface area (Å²) in [7, 11) is 1.93. The number of fused-ring (bicyclic) bond motifs is 1. The van der Waals surface area contributed by atoms with Crippen LogP contribution < -0.4 is 26.6 Å². The maximum atomic E-state index is 8.58. The van der Waals surface area contributed by atoms with Gasteiger partial charge in [-0.1, -0.05) is 80.5 Å². The first kappa shape index (κ1) is 41.4. The van der Waals surface area contributed by atoms with Crippen LogP contribution in [0.2, 0.25) is 0 Å². The van der Waals surface area contributed by atoms with Crippen LogP contribution in [0.1, 0.15) is 96.2 Å². The van der Waals surface area contributed by atoms with Crippen LogP contribution in [-0.2, 0) is 19.5 Å².